The summed E-state index contributed by atoms with van der Waals surface area (Å²) in [6, 6.07) is 9.95. The summed E-state index contributed by atoms with van der Waals surface area (Å²) in [6.07, 6.45) is -4.42. The molecule has 2 amide bonds. The van der Waals surface area contributed by atoms with Gasteiger partial charge in [0.25, 0.3) is 0 Å². The highest BCUT2D eigenvalue weighted by atomic mass is 19.4. The van der Waals surface area contributed by atoms with E-state index in [1.807, 2.05) is 32.0 Å². The average molecular weight is 378 g/mol. The molecule has 2 aromatic rings. The maximum Gasteiger partial charge on any atom is 0.416 e. The molecule has 27 heavy (non-hydrogen) atoms. The molecule has 144 valence electrons. The standard InChI is InChI=1S/C20H21F3N2O2/c1-13-5-4-6-14(2)19(13)24-18(27)11-12-25(15(3)26)17-9-7-16(8-10-17)20(21,22)23/h4-10H,11-12H2,1-3H3,(H,24,27). The first kappa shape index (κ1) is 20.5. The van der Waals surface area contributed by atoms with Gasteiger partial charge in [-0.15, -0.1) is 0 Å². The van der Waals surface area contributed by atoms with Crippen LogP contribution in [0.25, 0.3) is 0 Å². The summed E-state index contributed by atoms with van der Waals surface area (Å²) in [5, 5.41) is 2.83. The summed E-state index contributed by atoms with van der Waals surface area (Å²) >= 11 is 0. The van der Waals surface area contributed by atoms with Crippen LogP contribution in [0.3, 0.4) is 0 Å². The molecule has 0 fully saturated rings. The molecule has 2 aromatic carbocycles. The van der Waals surface area contributed by atoms with E-state index in [-0.39, 0.29) is 24.8 Å². The van der Waals surface area contributed by atoms with Crippen molar-refractivity contribution in [3.8, 4) is 0 Å². The summed E-state index contributed by atoms with van der Waals surface area (Å²) in [5.41, 5.74) is 2.10. The van der Waals surface area contributed by atoms with E-state index in [2.05, 4.69) is 5.32 Å². The third-order valence-corrected chi connectivity index (χ3v) is 4.19. The van der Waals surface area contributed by atoms with Gasteiger partial charge in [0, 0.05) is 31.3 Å². The third kappa shape index (κ3) is 5.32. The first-order valence-corrected chi connectivity index (χ1v) is 8.41. The lowest BCUT2D eigenvalue weighted by Crippen LogP contribution is -2.32. The van der Waals surface area contributed by atoms with Crippen molar-refractivity contribution in [1.82, 2.24) is 0 Å². The molecule has 0 saturated carbocycles. The molecule has 0 saturated heterocycles. The minimum atomic E-state index is -4.44. The molecule has 0 heterocycles. The Morgan fingerprint density at radius 2 is 1.56 bits per heavy atom. The molecular weight excluding hydrogens is 357 g/mol. The fourth-order valence-corrected chi connectivity index (χ4v) is 2.73. The van der Waals surface area contributed by atoms with Crippen LogP contribution in [0, 0.1) is 13.8 Å². The molecule has 0 unspecified atom stereocenters. The second-order valence-electron chi connectivity index (χ2n) is 6.28. The van der Waals surface area contributed by atoms with Gasteiger partial charge in [-0.05, 0) is 49.2 Å². The number of hydrogen-bond acceptors (Lipinski definition) is 2. The molecule has 0 aromatic heterocycles. The van der Waals surface area contributed by atoms with Gasteiger partial charge in [0.1, 0.15) is 0 Å². The van der Waals surface area contributed by atoms with Crippen molar-refractivity contribution in [1.29, 1.82) is 0 Å². The topological polar surface area (TPSA) is 49.4 Å². The highest BCUT2D eigenvalue weighted by Crippen LogP contribution is 2.30. The lowest BCUT2D eigenvalue weighted by atomic mass is 10.1. The Morgan fingerprint density at radius 1 is 1.00 bits per heavy atom. The molecule has 0 spiro atoms. The number of anilines is 2. The van der Waals surface area contributed by atoms with E-state index in [1.165, 1.54) is 24.0 Å². The van der Waals surface area contributed by atoms with Gasteiger partial charge in [0.05, 0.1) is 5.56 Å². The van der Waals surface area contributed by atoms with Gasteiger partial charge in [0.2, 0.25) is 11.8 Å². The third-order valence-electron chi connectivity index (χ3n) is 4.19. The zero-order chi connectivity index (χ0) is 20.2. The van der Waals surface area contributed by atoms with E-state index in [9.17, 15) is 22.8 Å². The van der Waals surface area contributed by atoms with E-state index in [4.69, 9.17) is 0 Å². The Balaban J connectivity index is 2.06. The number of alkyl halides is 3. The van der Waals surface area contributed by atoms with Crippen LogP contribution in [0.15, 0.2) is 42.5 Å². The molecule has 7 heteroatoms. The highest BCUT2D eigenvalue weighted by Gasteiger charge is 2.30. The largest absolute Gasteiger partial charge is 0.416 e. The van der Waals surface area contributed by atoms with Crippen molar-refractivity contribution < 1.29 is 22.8 Å². The smallest absolute Gasteiger partial charge is 0.326 e. The molecular formula is C20H21F3N2O2. The van der Waals surface area contributed by atoms with Crippen LogP contribution in [0.4, 0.5) is 24.5 Å². The summed E-state index contributed by atoms with van der Waals surface area (Å²) in [5.74, 6) is -0.625. The zero-order valence-corrected chi connectivity index (χ0v) is 15.4. The number of halogens is 3. The number of carbonyl (C=O) groups is 2. The Morgan fingerprint density at radius 3 is 2.04 bits per heavy atom. The van der Waals surface area contributed by atoms with Crippen molar-refractivity contribution in [2.45, 2.75) is 33.4 Å². The molecule has 0 aliphatic rings. The first-order chi connectivity index (χ1) is 12.6. The number of nitrogens with zero attached hydrogens (tertiary/aromatic N) is 1. The van der Waals surface area contributed by atoms with E-state index >= 15 is 0 Å². The number of nitrogens with one attached hydrogen (secondary N) is 1. The summed E-state index contributed by atoms with van der Waals surface area (Å²) < 4.78 is 38.0. The van der Waals surface area contributed by atoms with Gasteiger partial charge in [-0.1, -0.05) is 18.2 Å². The van der Waals surface area contributed by atoms with Gasteiger partial charge in [-0.25, -0.2) is 0 Å². The number of aryl methyl sites for hydroxylation is 2. The van der Waals surface area contributed by atoms with Crippen molar-refractivity contribution in [3.05, 3.63) is 59.2 Å². The van der Waals surface area contributed by atoms with Crippen LogP contribution < -0.4 is 10.2 Å². The maximum atomic E-state index is 12.7. The van der Waals surface area contributed by atoms with Gasteiger partial charge in [-0.2, -0.15) is 13.2 Å². The molecule has 4 nitrogen and oxygen atoms in total. The predicted octanol–water partition coefficient (Wildman–Crippen LogP) is 4.70. The van der Waals surface area contributed by atoms with Crippen LogP contribution in [0.2, 0.25) is 0 Å². The van der Waals surface area contributed by atoms with Gasteiger partial charge < -0.3 is 10.2 Å². The summed E-state index contributed by atoms with van der Waals surface area (Å²) in [6.45, 7) is 5.14. The number of benzene rings is 2. The van der Waals surface area contributed by atoms with E-state index in [0.717, 1.165) is 28.9 Å². The quantitative estimate of drug-likeness (QED) is 0.820. The van der Waals surface area contributed by atoms with E-state index in [0.29, 0.717) is 5.69 Å². The predicted molar refractivity (Wildman–Crippen MR) is 98.6 cm³/mol. The summed E-state index contributed by atoms with van der Waals surface area (Å²) in [7, 11) is 0. The summed E-state index contributed by atoms with van der Waals surface area (Å²) in [4.78, 5) is 25.4. The highest BCUT2D eigenvalue weighted by molar-refractivity contribution is 5.95. The van der Waals surface area contributed by atoms with Crippen molar-refractivity contribution >= 4 is 23.2 Å². The normalized spacial score (nSPS) is 11.2. The lowest BCUT2D eigenvalue weighted by molar-refractivity contribution is -0.137. The molecule has 0 aliphatic heterocycles. The monoisotopic (exact) mass is 378 g/mol. The zero-order valence-electron chi connectivity index (χ0n) is 15.4. The second-order valence-corrected chi connectivity index (χ2v) is 6.28. The lowest BCUT2D eigenvalue weighted by Gasteiger charge is -2.22. The number of rotatable bonds is 5. The van der Waals surface area contributed by atoms with Crippen LogP contribution in [0.1, 0.15) is 30.0 Å². The maximum absolute atomic E-state index is 12.7. The SMILES string of the molecule is CC(=O)N(CCC(=O)Nc1c(C)cccc1C)c1ccc(C(F)(F)F)cc1. The Hall–Kier alpha value is -2.83. The Kier molecular flexibility index (Phi) is 6.25. The Bertz CT molecular complexity index is 810. The molecule has 0 aliphatic carbocycles. The van der Waals surface area contributed by atoms with Crippen LogP contribution in [-0.2, 0) is 15.8 Å². The van der Waals surface area contributed by atoms with Crippen molar-refractivity contribution in [3.63, 3.8) is 0 Å². The van der Waals surface area contributed by atoms with Crippen LogP contribution in [0.5, 0.6) is 0 Å². The minimum absolute atomic E-state index is 0.0222. The molecule has 0 radical (unpaired) electrons. The first-order valence-electron chi connectivity index (χ1n) is 8.41. The van der Waals surface area contributed by atoms with Crippen molar-refractivity contribution in [2.24, 2.45) is 0 Å². The van der Waals surface area contributed by atoms with Crippen LogP contribution >= 0.6 is 0 Å². The van der Waals surface area contributed by atoms with E-state index in [1.54, 1.807) is 0 Å². The Labute approximate surface area is 156 Å². The van der Waals surface area contributed by atoms with E-state index < -0.39 is 11.7 Å². The van der Waals surface area contributed by atoms with Gasteiger partial charge >= 0.3 is 6.18 Å². The fraction of sp³-hybridized carbons (Fsp3) is 0.300. The molecule has 0 bridgehead atoms. The number of para-hydroxylation sites is 1. The number of amides is 2. The fourth-order valence-electron chi connectivity index (χ4n) is 2.73. The van der Waals surface area contributed by atoms with Gasteiger partial charge in [-0.3, -0.25) is 9.59 Å². The number of carbonyl (C=O) groups excluding carboxylic acids is 2. The molecule has 2 rings (SSSR count). The van der Waals surface area contributed by atoms with Crippen molar-refractivity contribution in [2.75, 3.05) is 16.8 Å². The second kappa shape index (κ2) is 8.24. The van der Waals surface area contributed by atoms with Gasteiger partial charge in [0.15, 0.2) is 0 Å². The molecule has 0 atom stereocenters. The molecule has 1 N–H and O–H groups in total. The number of hydrogen-bond donors (Lipinski definition) is 1. The minimum Gasteiger partial charge on any atom is -0.326 e. The van der Waals surface area contributed by atoms with Crippen LogP contribution in [-0.4, -0.2) is 18.4 Å². The average Bonchev–Trinajstić information content (AvgIpc) is 2.58.